The molecule has 1 saturated carbocycles. The molecule has 2 aliphatic rings. The number of ketones is 1. The predicted octanol–water partition coefficient (Wildman–Crippen LogP) is 1.90. The van der Waals surface area contributed by atoms with Crippen LogP contribution in [0.15, 0.2) is 30.3 Å². The van der Waals surface area contributed by atoms with Gasteiger partial charge in [0.1, 0.15) is 41.3 Å². The van der Waals surface area contributed by atoms with Crippen molar-refractivity contribution >= 4 is 28.8 Å². The fraction of sp³-hybridized carbons (Fsp3) is 0.462. The molecule has 4 atom stereocenters. The number of fused-ring (bicyclic) bond motifs is 1. The van der Waals surface area contributed by atoms with E-state index in [0.717, 1.165) is 5.56 Å². The van der Waals surface area contributed by atoms with Gasteiger partial charge in [-0.2, -0.15) is 0 Å². The largest absolute Gasteiger partial charge is 0.376 e. The summed E-state index contributed by atoms with van der Waals surface area (Å²) in [6.45, 7) is 0.923. The Morgan fingerprint density at radius 3 is 2.78 bits per heavy atom. The minimum Gasteiger partial charge on any atom is -0.376 e. The van der Waals surface area contributed by atoms with E-state index in [1.54, 1.807) is 0 Å². The van der Waals surface area contributed by atoms with Crippen molar-refractivity contribution in [3.63, 3.8) is 0 Å². The number of Topliss-reactive ketones (excluding diaryl/α,β-unsaturated/α-hetero) is 1. The Balaban J connectivity index is 1.53. The topological polar surface area (TPSA) is 48.1 Å². The summed E-state index contributed by atoms with van der Waals surface area (Å²) in [5, 5.41) is 0. The summed E-state index contributed by atoms with van der Waals surface area (Å²) in [6.07, 6.45) is -0.436. The molecule has 1 aromatic carbocycles. The minimum atomic E-state index is -0.241. The maximum Gasteiger partial charge on any atom is 0.172 e. The van der Waals surface area contributed by atoms with Gasteiger partial charge >= 0.3 is 0 Å². The van der Waals surface area contributed by atoms with Crippen LogP contribution in [0.4, 0.5) is 0 Å². The third-order valence-electron chi connectivity index (χ3n) is 3.40. The monoisotopic (exact) mass is 360 g/mol. The van der Waals surface area contributed by atoms with Gasteiger partial charge in [-0.05, 0) is 5.56 Å². The van der Waals surface area contributed by atoms with Crippen molar-refractivity contribution in [1.29, 1.82) is 0 Å². The van der Waals surface area contributed by atoms with Gasteiger partial charge in [0.05, 0.1) is 19.1 Å². The van der Waals surface area contributed by atoms with Gasteiger partial charge in [0.25, 0.3) is 0 Å². The average molecular weight is 360 g/mol. The number of benzene rings is 1. The third-order valence-corrected chi connectivity index (χ3v) is 3.99. The van der Waals surface area contributed by atoms with E-state index in [9.17, 15) is 4.79 Å². The van der Waals surface area contributed by atoms with Crippen LogP contribution in [0.5, 0.6) is 0 Å². The van der Waals surface area contributed by atoms with Crippen LogP contribution in [0.2, 0.25) is 0 Å². The summed E-state index contributed by atoms with van der Waals surface area (Å²) in [4.78, 5) is 11.9. The zero-order valence-electron chi connectivity index (χ0n) is 9.62. The lowest BCUT2D eigenvalue weighted by molar-refractivity contribution is -0.128. The minimum absolute atomic E-state index is 0.0419. The first-order valence-corrected chi connectivity index (χ1v) is 6.77. The Labute approximate surface area is 119 Å². The molecule has 0 spiro atoms. The van der Waals surface area contributed by atoms with E-state index < -0.39 is 0 Å². The Kier molecular flexibility index (Phi) is 3.65. The lowest BCUT2D eigenvalue weighted by Gasteiger charge is -2.17. The molecule has 0 bridgehead atoms. The molecule has 1 aliphatic heterocycles. The van der Waals surface area contributed by atoms with Crippen LogP contribution in [0.25, 0.3) is 0 Å². The normalized spacial score (nSPS) is 33.5. The SMILES string of the molecule is O=C1C(COCc2ccccc2)C(OI)C2OC12. The molecular formula is C13H13IO4. The number of ether oxygens (including phenoxy) is 2. The van der Waals surface area contributed by atoms with Crippen molar-refractivity contribution < 1.29 is 17.3 Å². The second-order valence-corrected chi connectivity index (χ2v) is 5.09. The molecule has 0 aromatic heterocycles. The van der Waals surface area contributed by atoms with E-state index >= 15 is 0 Å². The Bertz CT molecular complexity index is 436. The molecule has 0 amide bonds. The molecule has 1 aliphatic carbocycles. The Hall–Kier alpha value is -0.500. The molecule has 4 nitrogen and oxygen atoms in total. The zero-order chi connectivity index (χ0) is 12.5. The van der Waals surface area contributed by atoms with Crippen LogP contribution in [0, 0.1) is 5.92 Å². The fourth-order valence-electron chi connectivity index (χ4n) is 2.37. The molecule has 3 rings (SSSR count). The van der Waals surface area contributed by atoms with Crippen molar-refractivity contribution in [3.05, 3.63) is 35.9 Å². The van der Waals surface area contributed by atoms with Crippen molar-refractivity contribution in [1.82, 2.24) is 0 Å². The molecule has 0 radical (unpaired) electrons. The van der Waals surface area contributed by atoms with Gasteiger partial charge in [-0.25, -0.2) is 0 Å². The average Bonchev–Trinajstić information content (AvgIpc) is 3.14. The summed E-state index contributed by atoms with van der Waals surface area (Å²) < 4.78 is 16.1. The smallest absolute Gasteiger partial charge is 0.172 e. The van der Waals surface area contributed by atoms with Crippen molar-refractivity contribution in [2.45, 2.75) is 24.9 Å². The van der Waals surface area contributed by atoms with Gasteiger partial charge in [-0.3, -0.25) is 4.79 Å². The molecule has 96 valence electrons. The van der Waals surface area contributed by atoms with Crippen molar-refractivity contribution in [2.24, 2.45) is 5.92 Å². The van der Waals surface area contributed by atoms with E-state index in [-0.39, 0.29) is 30.0 Å². The summed E-state index contributed by atoms with van der Waals surface area (Å²) in [6, 6.07) is 9.92. The molecule has 1 heterocycles. The van der Waals surface area contributed by atoms with Crippen LogP contribution in [0.3, 0.4) is 0 Å². The highest BCUT2D eigenvalue weighted by Crippen LogP contribution is 2.42. The molecule has 5 heteroatoms. The summed E-state index contributed by atoms with van der Waals surface area (Å²) >= 11 is 1.83. The first-order valence-electron chi connectivity index (χ1n) is 5.89. The van der Waals surface area contributed by atoms with Crippen LogP contribution in [-0.4, -0.2) is 30.7 Å². The maximum atomic E-state index is 11.9. The highest BCUT2D eigenvalue weighted by Gasteiger charge is 2.62. The first-order chi connectivity index (χ1) is 8.81. The van der Waals surface area contributed by atoms with Gasteiger partial charge in [0, 0.05) is 0 Å². The first kappa shape index (κ1) is 12.5. The Morgan fingerprint density at radius 2 is 2.06 bits per heavy atom. The van der Waals surface area contributed by atoms with Crippen molar-refractivity contribution in [3.8, 4) is 0 Å². The van der Waals surface area contributed by atoms with Gasteiger partial charge < -0.3 is 12.5 Å². The van der Waals surface area contributed by atoms with E-state index in [4.69, 9.17) is 12.5 Å². The van der Waals surface area contributed by atoms with E-state index in [2.05, 4.69) is 0 Å². The lowest BCUT2D eigenvalue weighted by atomic mass is 10.1. The van der Waals surface area contributed by atoms with Gasteiger partial charge in [-0.1, -0.05) is 30.3 Å². The highest BCUT2D eigenvalue weighted by atomic mass is 127. The van der Waals surface area contributed by atoms with E-state index in [0.29, 0.717) is 13.2 Å². The quantitative estimate of drug-likeness (QED) is 0.595. The number of carbonyl (C=O) groups excluding carboxylic acids is 1. The van der Waals surface area contributed by atoms with Crippen LogP contribution in [-0.2, 0) is 23.9 Å². The standard InChI is InChI=1S/C13H13IO4/c14-18-11-9(10(15)12-13(11)17-12)7-16-6-8-4-2-1-3-5-8/h1-5,9,11-13H,6-7H2. The van der Waals surface area contributed by atoms with Gasteiger partial charge in [0.15, 0.2) is 5.78 Å². The number of carbonyl (C=O) groups is 1. The zero-order valence-corrected chi connectivity index (χ0v) is 11.8. The number of rotatable bonds is 5. The Morgan fingerprint density at radius 1 is 1.28 bits per heavy atom. The molecule has 2 fully saturated rings. The van der Waals surface area contributed by atoms with Crippen molar-refractivity contribution in [2.75, 3.05) is 6.61 Å². The van der Waals surface area contributed by atoms with Crippen LogP contribution >= 0.6 is 23.0 Å². The molecule has 1 saturated heterocycles. The second kappa shape index (κ2) is 5.24. The highest BCUT2D eigenvalue weighted by molar-refractivity contribution is 14.1. The summed E-state index contributed by atoms with van der Waals surface area (Å²) in [5.74, 6) is -0.0657. The fourth-order valence-corrected chi connectivity index (χ4v) is 3.02. The molecule has 0 N–H and O–H groups in total. The maximum absolute atomic E-state index is 11.9. The van der Waals surface area contributed by atoms with E-state index in [1.807, 2.05) is 53.3 Å². The molecule has 4 unspecified atom stereocenters. The third kappa shape index (κ3) is 2.32. The number of hydrogen-bond donors (Lipinski definition) is 0. The summed E-state index contributed by atoms with van der Waals surface area (Å²) in [5.41, 5.74) is 1.11. The lowest BCUT2D eigenvalue weighted by Crippen LogP contribution is -2.31. The number of halogens is 1. The number of hydrogen-bond acceptors (Lipinski definition) is 4. The van der Waals surface area contributed by atoms with Gasteiger partial charge in [0.2, 0.25) is 0 Å². The predicted molar refractivity (Wildman–Crippen MR) is 72.1 cm³/mol. The molecule has 1 aromatic rings. The molecule has 18 heavy (non-hydrogen) atoms. The second-order valence-electron chi connectivity index (χ2n) is 4.58. The number of epoxide rings is 1. The van der Waals surface area contributed by atoms with E-state index in [1.165, 1.54) is 0 Å². The molecular weight excluding hydrogens is 347 g/mol. The van der Waals surface area contributed by atoms with Crippen LogP contribution in [0.1, 0.15) is 5.56 Å². The summed E-state index contributed by atoms with van der Waals surface area (Å²) in [7, 11) is 0. The van der Waals surface area contributed by atoms with Crippen LogP contribution < -0.4 is 0 Å². The van der Waals surface area contributed by atoms with Gasteiger partial charge in [-0.15, -0.1) is 0 Å².